The Balaban J connectivity index is 1.74. The molecule has 3 aliphatic rings. The monoisotopic (exact) mass is 231 g/mol. The fourth-order valence-electron chi connectivity index (χ4n) is 4.04. The van der Waals surface area contributed by atoms with E-state index in [-0.39, 0.29) is 5.41 Å². The van der Waals surface area contributed by atoms with Crippen LogP contribution in [-0.4, -0.2) is 13.2 Å². The SMILES string of the molecule is N#CC1(C2=CCCCC2)CC2(CCOCC2)C1. The number of nitriles is 1. The fourth-order valence-corrected chi connectivity index (χ4v) is 4.04. The molecule has 0 aromatic carbocycles. The lowest BCUT2D eigenvalue weighted by atomic mass is 9.47. The van der Waals surface area contributed by atoms with E-state index in [2.05, 4.69) is 12.1 Å². The number of hydrogen-bond acceptors (Lipinski definition) is 2. The van der Waals surface area contributed by atoms with Crippen molar-refractivity contribution >= 4 is 0 Å². The first-order valence-electron chi connectivity index (χ1n) is 6.97. The molecular weight excluding hydrogens is 210 g/mol. The largest absolute Gasteiger partial charge is 0.381 e. The summed E-state index contributed by atoms with van der Waals surface area (Å²) < 4.78 is 5.45. The molecular formula is C15H21NO. The maximum Gasteiger partial charge on any atom is 0.0793 e. The van der Waals surface area contributed by atoms with Gasteiger partial charge in [0.05, 0.1) is 11.5 Å². The van der Waals surface area contributed by atoms with Crippen LogP contribution in [0, 0.1) is 22.2 Å². The summed E-state index contributed by atoms with van der Waals surface area (Å²) in [5.41, 5.74) is 1.83. The van der Waals surface area contributed by atoms with Crippen LogP contribution in [0.15, 0.2) is 11.6 Å². The second-order valence-corrected chi connectivity index (χ2v) is 6.13. The molecule has 2 aliphatic carbocycles. The average molecular weight is 231 g/mol. The zero-order chi connectivity index (χ0) is 11.8. The maximum absolute atomic E-state index is 9.58. The van der Waals surface area contributed by atoms with Gasteiger partial charge in [-0.2, -0.15) is 5.26 Å². The third-order valence-corrected chi connectivity index (χ3v) is 5.03. The number of allylic oxidation sites excluding steroid dienone is 2. The van der Waals surface area contributed by atoms with Gasteiger partial charge in [-0.1, -0.05) is 11.6 Å². The Morgan fingerprint density at radius 1 is 1.18 bits per heavy atom. The van der Waals surface area contributed by atoms with Gasteiger partial charge in [-0.25, -0.2) is 0 Å². The van der Waals surface area contributed by atoms with Gasteiger partial charge < -0.3 is 4.74 Å². The highest BCUT2D eigenvalue weighted by atomic mass is 16.5. The van der Waals surface area contributed by atoms with E-state index in [1.54, 1.807) is 0 Å². The molecule has 0 unspecified atom stereocenters. The van der Waals surface area contributed by atoms with Gasteiger partial charge in [0.1, 0.15) is 0 Å². The van der Waals surface area contributed by atoms with E-state index in [4.69, 9.17) is 4.74 Å². The molecule has 0 atom stereocenters. The summed E-state index contributed by atoms with van der Waals surface area (Å²) >= 11 is 0. The van der Waals surface area contributed by atoms with E-state index in [0.717, 1.165) is 26.1 Å². The van der Waals surface area contributed by atoms with Crippen molar-refractivity contribution in [2.75, 3.05) is 13.2 Å². The van der Waals surface area contributed by atoms with Crippen molar-refractivity contribution in [1.29, 1.82) is 5.26 Å². The van der Waals surface area contributed by atoms with Crippen LogP contribution in [0.3, 0.4) is 0 Å². The summed E-state index contributed by atoms with van der Waals surface area (Å²) in [4.78, 5) is 0. The zero-order valence-corrected chi connectivity index (χ0v) is 10.5. The summed E-state index contributed by atoms with van der Waals surface area (Å²) in [7, 11) is 0. The molecule has 0 amide bonds. The standard InChI is InChI=1S/C15H21NO/c16-12-15(13-4-2-1-3-5-13)10-14(11-15)6-8-17-9-7-14/h4H,1-3,5-11H2. The highest BCUT2D eigenvalue weighted by molar-refractivity contribution is 5.31. The van der Waals surface area contributed by atoms with Crippen molar-refractivity contribution in [2.45, 2.75) is 51.4 Å². The highest BCUT2D eigenvalue weighted by Gasteiger charge is 2.56. The second kappa shape index (κ2) is 4.14. The molecule has 1 saturated heterocycles. The number of nitrogens with zero attached hydrogens (tertiary/aromatic N) is 1. The van der Waals surface area contributed by atoms with Gasteiger partial charge in [0, 0.05) is 13.2 Å². The Hall–Kier alpha value is -0.810. The average Bonchev–Trinajstić information content (AvgIpc) is 2.37. The minimum atomic E-state index is -0.0856. The molecule has 1 spiro atoms. The van der Waals surface area contributed by atoms with Crippen LogP contribution < -0.4 is 0 Å². The first-order valence-corrected chi connectivity index (χ1v) is 6.97. The smallest absolute Gasteiger partial charge is 0.0793 e. The fraction of sp³-hybridized carbons (Fsp3) is 0.800. The lowest BCUT2D eigenvalue weighted by molar-refractivity contribution is -0.0731. The van der Waals surface area contributed by atoms with Gasteiger partial charge in [0.15, 0.2) is 0 Å². The lowest BCUT2D eigenvalue weighted by Gasteiger charge is -2.56. The Morgan fingerprint density at radius 3 is 2.53 bits per heavy atom. The molecule has 1 saturated carbocycles. The van der Waals surface area contributed by atoms with Crippen LogP contribution in [-0.2, 0) is 4.74 Å². The Labute approximate surface area is 104 Å². The minimum absolute atomic E-state index is 0.0856. The molecule has 0 bridgehead atoms. The van der Waals surface area contributed by atoms with Gasteiger partial charge in [0.25, 0.3) is 0 Å². The van der Waals surface area contributed by atoms with Crippen LogP contribution in [0.1, 0.15) is 51.4 Å². The zero-order valence-electron chi connectivity index (χ0n) is 10.5. The van der Waals surface area contributed by atoms with Crippen molar-refractivity contribution in [2.24, 2.45) is 10.8 Å². The summed E-state index contributed by atoms with van der Waals surface area (Å²) in [6.07, 6.45) is 11.9. The molecule has 92 valence electrons. The number of hydrogen-bond donors (Lipinski definition) is 0. The first kappa shape index (κ1) is 11.3. The van der Waals surface area contributed by atoms with Crippen molar-refractivity contribution < 1.29 is 4.74 Å². The molecule has 1 aliphatic heterocycles. The van der Waals surface area contributed by atoms with Gasteiger partial charge in [0.2, 0.25) is 0 Å². The van der Waals surface area contributed by atoms with E-state index < -0.39 is 0 Å². The first-order chi connectivity index (χ1) is 8.29. The van der Waals surface area contributed by atoms with E-state index >= 15 is 0 Å². The lowest BCUT2D eigenvalue weighted by Crippen LogP contribution is -2.49. The van der Waals surface area contributed by atoms with Crippen LogP contribution in [0.5, 0.6) is 0 Å². The third-order valence-electron chi connectivity index (χ3n) is 5.03. The van der Waals surface area contributed by atoms with Crippen molar-refractivity contribution in [3.05, 3.63) is 11.6 Å². The Kier molecular flexibility index (Phi) is 2.75. The quantitative estimate of drug-likeness (QED) is 0.646. The van der Waals surface area contributed by atoms with Crippen molar-refractivity contribution in [1.82, 2.24) is 0 Å². The van der Waals surface area contributed by atoms with Gasteiger partial charge >= 0.3 is 0 Å². The summed E-state index contributed by atoms with van der Waals surface area (Å²) in [6.45, 7) is 1.81. The van der Waals surface area contributed by atoms with Gasteiger partial charge in [-0.15, -0.1) is 0 Å². The normalized spacial score (nSPS) is 30.2. The maximum atomic E-state index is 9.58. The molecule has 0 aromatic rings. The molecule has 2 nitrogen and oxygen atoms in total. The van der Waals surface area contributed by atoms with Crippen LogP contribution in [0.2, 0.25) is 0 Å². The molecule has 17 heavy (non-hydrogen) atoms. The summed E-state index contributed by atoms with van der Waals surface area (Å²) in [5.74, 6) is 0. The Morgan fingerprint density at radius 2 is 1.94 bits per heavy atom. The van der Waals surface area contributed by atoms with E-state index in [1.807, 2.05) is 0 Å². The van der Waals surface area contributed by atoms with Crippen molar-refractivity contribution in [3.8, 4) is 6.07 Å². The van der Waals surface area contributed by atoms with Crippen molar-refractivity contribution in [3.63, 3.8) is 0 Å². The second-order valence-electron chi connectivity index (χ2n) is 6.13. The number of rotatable bonds is 1. The van der Waals surface area contributed by atoms with Crippen LogP contribution in [0.4, 0.5) is 0 Å². The minimum Gasteiger partial charge on any atom is -0.381 e. The molecule has 0 N–H and O–H groups in total. The molecule has 2 fully saturated rings. The predicted molar refractivity (Wildman–Crippen MR) is 66.3 cm³/mol. The van der Waals surface area contributed by atoms with Gasteiger partial charge in [-0.05, 0) is 56.8 Å². The molecule has 2 heteroatoms. The van der Waals surface area contributed by atoms with Crippen LogP contribution >= 0.6 is 0 Å². The van der Waals surface area contributed by atoms with Crippen LogP contribution in [0.25, 0.3) is 0 Å². The molecule has 0 aromatic heterocycles. The topological polar surface area (TPSA) is 33.0 Å². The predicted octanol–water partition coefficient (Wildman–Crippen LogP) is 3.59. The van der Waals surface area contributed by atoms with E-state index in [0.29, 0.717) is 5.41 Å². The third kappa shape index (κ3) is 1.81. The Bertz CT molecular complexity index is 363. The van der Waals surface area contributed by atoms with E-state index in [1.165, 1.54) is 44.1 Å². The molecule has 3 rings (SSSR count). The highest BCUT2D eigenvalue weighted by Crippen LogP contribution is 2.63. The van der Waals surface area contributed by atoms with E-state index in [9.17, 15) is 5.26 Å². The molecule has 1 heterocycles. The summed E-state index contributed by atoms with van der Waals surface area (Å²) in [6, 6.07) is 2.65. The summed E-state index contributed by atoms with van der Waals surface area (Å²) in [5, 5.41) is 9.58. The van der Waals surface area contributed by atoms with Gasteiger partial charge in [-0.3, -0.25) is 0 Å². The molecule has 0 radical (unpaired) electrons. The number of ether oxygens (including phenoxy) is 1.